The van der Waals surface area contributed by atoms with Crippen LogP contribution in [-0.4, -0.2) is 10.9 Å². The van der Waals surface area contributed by atoms with Crippen molar-refractivity contribution in [3.63, 3.8) is 0 Å². The van der Waals surface area contributed by atoms with Crippen LogP contribution in [0.4, 0.5) is 17.6 Å². The average molecular weight is 379 g/mol. The fourth-order valence-electron chi connectivity index (χ4n) is 2.52. The van der Waals surface area contributed by atoms with E-state index >= 15 is 0 Å². The number of rotatable bonds is 6. The molecule has 3 aromatic rings. The number of benzene rings is 1. The maximum absolute atomic E-state index is 12.9. The number of aryl methyl sites for hydroxylation is 1. The van der Waals surface area contributed by atoms with Crippen LogP contribution in [-0.2, 0) is 12.7 Å². The monoisotopic (exact) mass is 379 g/mol. The van der Waals surface area contributed by atoms with Crippen molar-refractivity contribution in [1.29, 1.82) is 0 Å². The van der Waals surface area contributed by atoms with Gasteiger partial charge >= 0.3 is 6.18 Å². The fourth-order valence-corrected chi connectivity index (χ4v) is 2.52. The van der Waals surface area contributed by atoms with E-state index in [-0.39, 0.29) is 11.5 Å². The first-order chi connectivity index (χ1) is 12.8. The van der Waals surface area contributed by atoms with Gasteiger partial charge in [-0.2, -0.15) is 13.2 Å². The number of hydrogen-bond acceptors (Lipinski definition) is 3. The number of ketones is 1. The van der Waals surface area contributed by atoms with Crippen LogP contribution in [0.25, 0.3) is 11.3 Å². The molecule has 0 amide bonds. The van der Waals surface area contributed by atoms with Crippen LogP contribution in [0.3, 0.4) is 0 Å². The Morgan fingerprint density at radius 3 is 2.33 bits per heavy atom. The normalized spacial score (nSPS) is 11.6. The summed E-state index contributed by atoms with van der Waals surface area (Å²) in [6.45, 7) is 0.555. The Balaban J connectivity index is 1.55. The first-order valence-electron chi connectivity index (χ1n) is 8.15. The van der Waals surface area contributed by atoms with E-state index < -0.39 is 17.8 Å². The molecule has 0 atom stereocenters. The predicted molar refractivity (Wildman–Crippen MR) is 87.1 cm³/mol. The van der Waals surface area contributed by atoms with Gasteiger partial charge in [-0.25, -0.2) is 8.96 Å². The minimum atomic E-state index is -4.57. The largest absolute Gasteiger partial charge is 0.452 e. The Kier molecular flexibility index (Phi) is 5.34. The van der Waals surface area contributed by atoms with E-state index in [0.29, 0.717) is 30.5 Å². The Morgan fingerprint density at radius 1 is 1.07 bits per heavy atom. The lowest BCUT2D eigenvalue weighted by atomic mass is 10.1. The molecular weight excluding hydrogens is 364 g/mol. The van der Waals surface area contributed by atoms with E-state index in [1.807, 2.05) is 4.57 Å². The molecule has 0 saturated heterocycles. The number of aromatic nitrogens is 2. The van der Waals surface area contributed by atoms with E-state index in [4.69, 9.17) is 0 Å². The summed E-state index contributed by atoms with van der Waals surface area (Å²) in [6.07, 6.45) is -0.308. The van der Waals surface area contributed by atoms with E-state index in [0.717, 1.165) is 6.07 Å². The summed E-state index contributed by atoms with van der Waals surface area (Å²) >= 11 is 0. The van der Waals surface area contributed by atoms with Crippen molar-refractivity contribution in [3.8, 4) is 11.3 Å². The maximum atomic E-state index is 12.9. The molecule has 2 aromatic heterocycles. The molecule has 0 aliphatic carbocycles. The summed E-state index contributed by atoms with van der Waals surface area (Å²) in [5.74, 6) is -1.61. The van der Waals surface area contributed by atoms with E-state index in [1.165, 1.54) is 24.3 Å². The molecule has 0 aliphatic heterocycles. The number of carbonyl (C=O) groups excluding carboxylic acids is 1. The van der Waals surface area contributed by atoms with Crippen LogP contribution in [0.1, 0.15) is 29.0 Å². The van der Waals surface area contributed by atoms with Crippen LogP contribution < -0.4 is 4.57 Å². The smallest absolute Gasteiger partial charge is 0.351 e. The van der Waals surface area contributed by atoms with Crippen LogP contribution >= 0.6 is 0 Å². The highest BCUT2D eigenvalue weighted by molar-refractivity contribution is 5.95. The van der Waals surface area contributed by atoms with Gasteiger partial charge in [-0.05, 0) is 24.3 Å². The van der Waals surface area contributed by atoms with Crippen LogP contribution in [0, 0.1) is 5.82 Å². The standard InChI is InChI=1S/C19H15F4N2O2/c20-15-5-3-14(4-6-15)17(26)2-1-9-25-10-7-13(8-11-25)16-12-18(27-24-16)19(21,22)23/h3-8,10-12H,1-2,9H2/q+1. The van der Waals surface area contributed by atoms with Gasteiger partial charge < -0.3 is 4.52 Å². The molecule has 140 valence electrons. The Labute approximate surface area is 152 Å². The number of alkyl halides is 3. The van der Waals surface area contributed by atoms with Gasteiger partial charge in [0.2, 0.25) is 5.76 Å². The van der Waals surface area contributed by atoms with Gasteiger partial charge in [-0.3, -0.25) is 4.79 Å². The zero-order chi connectivity index (χ0) is 19.4. The van der Waals surface area contributed by atoms with Crippen molar-refractivity contribution in [1.82, 2.24) is 5.16 Å². The number of hydrogen-bond donors (Lipinski definition) is 0. The molecule has 0 radical (unpaired) electrons. The lowest BCUT2D eigenvalue weighted by Gasteiger charge is -2.01. The van der Waals surface area contributed by atoms with Crippen molar-refractivity contribution in [2.45, 2.75) is 25.6 Å². The molecule has 0 spiro atoms. The first kappa shape index (κ1) is 18.8. The zero-order valence-electron chi connectivity index (χ0n) is 14.0. The molecule has 8 heteroatoms. The molecular formula is C19H15F4N2O2+. The Morgan fingerprint density at radius 2 is 1.74 bits per heavy atom. The maximum Gasteiger partial charge on any atom is 0.452 e. The summed E-state index contributed by atoms with van der Waals surface area (Å²) in [7, 11) is 0. The lowest BCUT2D eigenvalue weighted by Crippen LogP contribution is -2.32. The van der Waals surface area contributed by atoms with E-state index in [1.54, 1.807) is 24.5 Å². The summed E-state index contributed by atoms with van der Waals surface area (Å²) in [4.78, 5) is 12.0. The summed E-state index contributed by atoms with van der Waals surface area (Å²) in [5.41, 5.74) is 1.05. The number of Topliss-reactive ketones (excluding diaryl/α,β-unsaturated/α-hetero) is 1. The number of carbonyl (C=O) groups is 1. The van der Waals surface area contributed by atoms with Gasteiger partial charge in [-0.1, -0.05) is 5.16 Å². The van der Waals surface area contributed by atoms with Crippen molar-refractivity contribution in [3.05, 3.63) is 72.0 Å². The SMILES string of the molecule is O=C(CCC[n+]1ccc(-c2cc(C(F)(F)F)on2)cc1)c1ccc(F)cc1. The van der Waals surface area contributed by atoms with Crippen molar-refractivity contribution < 1.29 is 31.4 Å². The van der Waals surface area contributed by atoms with Gasteiger partial charge in [0.15, 0.2) is 18.2 Å². The molecule has 1 aromatic carbocycles. The third-order valence-corrected chi connectivity index (χ3v) is 3.96. The van der Waals surface area contributed by atoms with Crippen molar-refractivity contribution in [2.75, 3.05) is 0 Å². The van der Waals surface area contributed by atoms with Crippen LogP contribution in [0.2, 0.25) is 0 Å². The summed E-state index contributed by atoms with van der Waals surface area (Å²) in [6, 6.07) is 9.49. The molecule has 0 N–H and O–H groups in total. The third-order valence-electron chi connectivity index (χ3n) is 3.96. The Bertz CT molecular complexity index is 916. The minimum Gasteiger partial charge on any atom is -0.351 e. The second-order valence-electron chi connectivity index (χ2n) is 5.93. The highest BCUT2D eigenvalue weighted by atomic mass is 19.4. The highest BCUT2D eigenvalue weighted by Crippen LogP contribution is 2.31. The van der Waals surface area contributed by atoms with Gasteiger partial charge in [0.05, 0.1) is 0 Å². The molecule has 4 nitrogen and oxygen atoms in total. The quantitative estimate of drug-likeness (QED) is 0.361. The van der Waals surface area contributed by atoms with Crippen molar-refractivity contribution >= 4 is 5.78 Å². The molecule has 27 heavy (non-hydrogen) atoms. The number of halogens is 4. The topological polar surface area (TPSA) is 47.0 Å². The van der Waals surface area contributed by atoms with Gasteiger partial charge in [0.1, 0.15) is 18.1 Å². The summed E-state index contributed by atoms with van der Waals surface area (Å²) in [5, 5.41) is 3.43. The second-order valence-corrected chi connectivity index (χ2v) is 5.93. The van der Waals surface area contributed by atoms with E-state index in [2.05, 4.69) is 9.68 Å². The zero-order valence-corrected chi connectivity index (χ0v) is 14.0. The first-order valence-corrected chi connectivity index (χ1v) is 8.15. The molecule has 0 saturated carbocycles. The van der Waals surface area contributed by atoms with Gasteiger partial charge in [0.25, 0.3) is 0 Å². The minimum absolute atomic E-state index is 0.0745. The van der Waals surface area contributed by atoms with Gasteiger partial charge in [0, 0.05) is 42.2 Å². The average Bonchev–Trinajstić information content (AvgIpc) is 3.13. The summed E-state index contributed by atoms with van der Waals surface area (Å²) < 4.78 is 56.6. The number of nitrogens with zero attached hydrogens (tertiary/aromatic N) is 2. The molecule has 0 fully saturated rings. The van der Waals surface area contributed by atoms with Crippen LogP contribution in [0.15, 0.2) is 59.4 Å². The third kappa shape index (κ3) is 4.78. The lowest BCUT2D eigenvalue weighted by molar-refractivity contribution is -0.697. The van der Waals surface area contributed by atoms with Crippen molar-refractivity contribution in [2.24, 2.45) is 0 Å². The fraction of sp³-hybridized carbons (Fsp3) is 0.211. The molecule has 2 heterocycles. The van der Waals surface area contributed by atoms with Gasteiger partial charge in [-0.15, -0.1) is 0 Å². The molecule has 0 bridgehead atoms. The molecule has 0 aliphatic rings. The highest BCUT2D eigenvalue weighted by Gasteiger charge is 2.36. The second kappa shape index (κ2) is 7.69. The molecule has 3 rings (SSSR count). The number of pyridine rings is 1. The van der Waals surface area contributed by atoms with E-state index in [9.17, 15) is 22.4 Å². The predicted octanol–water partition coefficient (Wildman–Crippen LogP) is 4.45. The molecule has 0 unspecified atom stereocenters. The van der Waals surface area contributed by atoms with Crippen LogP contribution in [0.5, 0.6) is 0 Å². The Hall–Kier alpha value is -3.03.